The third-order valence-electron chi connectivity index (χ3n) is 3.28. The Kier molecular flexibility index (Phi) is 4.33. The van der Waals surface area contributed by atoms with Crippen LogP contribution < -0.4 is 5.32 Å². The van der Waals surface area contributed by atoms with E-state index in [1.807, 2.05) is 23.1 Å². The third-order valence-corrected chi connectivity index (χ3v) is 3.28. The molecule has 6 heteroatoms. The molecule has 1 heterocycles. The van der Waals surface area contributed by atoms with Crippen molar-refractivity contribution >= 4 is 11.9 Å². The number of nitrogens with one attached hydrogen (secondary N) is 1. The highest BCUT2D eigenvalue weighted by Crippen LogP contribution is 2.14. The van der Waals surface area contributed by atoms with E-state index >= 15 is 0 Å². The molecule has 20 heavy (non-hydrogen) atoms. The zero-order valence-electron chi connectivity index (χ0n) is 10.9. The summed E-state index contributed by atoms with van der Waals surface area (Å²) in [5, 5.41) is 20.3. The maximum absolute atomic E-state index is 11.8. The van der Waals surface area contributed by atoms with Gasteiger partial charge in [0.2, 0.25) is 5.91 Å². The molecule has 0 spiro atoms. The fraction of sp³-hybridized carbons (Fsp3) is 0.357. The summed E-state index contributed by atoms with van der Waals surface area (Å²) in [4.78, 5) is 24.5. The molecule has 0 aromatic heterocycles. The van der Waals surface area contributed by atoms with Crippen LogP contribution in [0.4, 0.5) is 0 Å². The topological polar surface area (TPSA) is 93.4 Å². The first-order valence-corrected chi connectivity index (χ1v) is 6.33. The van der Waals surface area contributed by atoms with Gasteiger partial charge < -0.3 is 10.4 Å². The second kappa shape index (κ2) is 6.17. The molecule has 6 nitrogen and oxygen atoms in total. The van der Waals surface area contributed by atoms with Crippen LogP contribution in [-0.4, -0.2) is 41.0 Å². The first-order valence-electron chi connectivity index (χ1n) is 6.33. The molecule has 0 aliphatic carbocycles. The predicted molar refractivity (Wildman–Crippen MR) is 70.6 cm³/mol. The minimum Gasteiger partial charge on any atom is -0.481 e. The van der Waals surface area contributed by atoms with Gasteiger partial charge in [-0.25, -0.2) is 0 Å². The van der Waals surface area contributed by atoms with Gasteiger partial charge in [-0.1, -0.05) is 12.1 Å². The molecule has 1 atom stereocenters. The van der Waals surface area contributed by atoms with E-state index in [1.54, 1.807) is 12.1 Å². The molecule has 2 rings (SSSR count). The standard InChI is InChI=1S/C14H15N3O3/c15-8-10-1-3-11(4-2-10)9-17-6-5-16-14(20)12(17)7-13(18)19/h1-4,12H,5-7,9H2,(H,16,20)(H,18,19). The number of carboxylic acids is 1. The lowest BCUT2D eigenvalue weighted by Crippen LogP contribution is -2.55. The summed E-state index contributed by atoms with van der Waals surface area (Å²) in [5.41, 5.74) is 1.53. The molecule has 1 aliphatic heterocycles. The van der Waals surface area contributed by atoms with E-state index in [4.69, 9.17) is 10.4 Å². The summed E-state index contributed by atoms with van der Waals surface area (Å²) in [7, 11) is 0. The minimum atomic E-state index is -0.989. The molecule has 1 aromatic carbocycles. The second-order valence-corrected chi connectivity index (χ2v) is 4.68. The Bertz CT molecular complexity index is 548. The summed E-state index contributed by atoms with van der Waals surface area (Å²) in [6.45, 7) is 1.63. The summed E-state index contributed by atoms with van der Waals surface area (Å²) in [5.74, 6) is -1.23. The van der Waals surface area contributed by atoms with Crippen molar-refractivity contribution < 1.29 is 14.7 Å². The molecule has 1 saturated heterocycles. The van der Waals surface area contributed by atoms with E-state index in [2.05, 4.69) is 5.32 Å². The Hall–Kier alpha value is -2.39. The molecule has 1 unspecified atom stereocenters. The number of amides is 1. The van der Waals surface area contributed by atoms with Crippen LogP contribution in [0, 0.1) is 11.3 Å². The van der Waals surface area contributed by atoms with E-state index in [9.17, 15) is 9.59 Å². The number of carbonyl (C=O) groups excluding carboxylic acids is 1. The Morgan fingerprint density at radius 3 is 2.75 bits per heavy atom. The average Bonchev–Trinajstić information content (AvgIpc) is 2.43. The van der Waals surface area contributed by atoms with Gasteiger partial charge in [0, 0.05) is 19.6 Å². The number of carbonyl (C=O) groups is 2. The SMILES string of the molecule is N#Cc1ccc(CN2CCNC(=O)C2CC(=O)O)cc1. The van der Waals surface area contributed by atoms with Crippen molar-refractivity contribution in [3.63, 3.8) is 0 Å². The molecule has 104 valence electrons. The van der Waals surface area contributed by atoms with E-state index < -0.39 is 12.0 Å². The molecule has 1 fully saturated rings. The van der Waals surface area contributed by atoms with Gasteiger partial charge in [-0.05, 0) is 17.7 Å². The van der Waals surface area contributed by atoms with E-state index in [0.717, 1.165) is 5.56 Å². The van der Waals surface area contributed by atoms with Gasteiger partial charge in [0.05, 0.1) is 18.1 Å². The first kappa shape index (κ1) is 14.0. The average molecular weight is 273 g/mol. The zero-order valence-corrected chi connectivity index (χ0v) is 10.9. The maximum Gasteiger partial charge on any atom is 0.305 e. The maximum atomic E-state index is 11.8. The van der Waals surface area contributed by atoms with E-state index in [1.165, 1.54) is 0 Å². The molecule has 1 amide bonds. The Labute approximate surface area is 116 Å². The van der Waals surface area contributed by atoms with Gasteiger partial charge in [-0.15, -0.1) is 0 Å². The van der Waals surface area contributed by atoms with Gasteiger partial charge in [-0.3, -0.25) is 14.5 Å². The summed E-state index contributed by atoms with van der Waals surface area (Å²) in [6, 6.07) is 8.47. The van der Waals surface area contributed by atoms with Crippen LogP contribution in [0.3, 0.4) is 0 Å². The molecular weight excluding hydrogens is 258 g/mol. The lowest BCUT2D eigenvalue weighted by molar-refractivity contribution is -0.143. The van der Waals surface area contributed by atoms with Crippen LogP contribution >= 0.6 is 0 Å². The number of nitrogens with zero attached hydrogens (tertiary/aromatic N) is 2. The van der Waals surface area contributed by atoms with Crippen molar-refractivity contribution in [3.05, 3.63) is 35.4 Å². The highest BCUT2D eigenvalue weighted by atomic mass is 16.4. The lowest BCUT2D eigenvalue weighted by atomic mass is 10.1. The van der Waals surface area contributed by atoms with Crippen molar-refractivity contribution in [2.45, 2.75) is 19.0 Å². The predicted octanol–water partition coefficient (Wildman–Crippen LogP) is 0.333. The van der Waals surface area contributed by atoms with Crippen LogP contribution in [0.1, 0.15) is 17.5 Å². The van der Waals surface area contributed by atoms with Crippen molar-refractivity contribution in [2.24, 2.45) is 0 Å². The van der Waals surface area contributed by atoms with Gasteiger partial charge in [0.25, 0.3) is 0 Å². The quantitative estimate of drug-likeness (QED) is 0.824. The molecular formula is C14H15N3O3. The summed E-state index contributed by atoms with van der Waals surface area (Å²) < 4.78 is 0. The number of hydrogen-bond acceptors (Lipinski definition) is 4. The van der Waals surface area contributed by atoms with Crippen molar-refractivity contribution in [2.75, 3.05) is 13.1 Å². The van der Waals surface area contributed by atoms with Crippen molar-refractivity contribution in [3.8, 4) is 6.07 Å². The monoisotopic (exact) mass is 273 g/mol. The molecule has 2 N–H and O–H groups in total. The van der Waals surface area contributed by atoms with E-state index in [-0.39, 0.29) is 12.3 Å². The smallest absolute Gasteiger partial charge is 0.305 e. The number of carboxylic acid groups (broad SMARTS) is 1. The van der Waals surface area contributed by atoms with Crippen LogP contribution in [-0.2, 0) is 16.1 Å². The van der Waals surface area contributed by atoms with Crippen molar-refractivity contribution in [1.29, 1.82) is 5.26 Å². The molecule has 1 aromatic rings. The van der Waals surface area contributed by atoms with Crippen LogP contribution in [0.2, 0.25) is 0 Å². The number of rotatable bonds is 4. The fourth-order valence-corrected chi connectivity index (χ4v) is 2.26. The van der Waals surface area contributed by atoms with E-state index in [0.29, 0.717) is 25.2 Å². The highest BCUT2D eigenvalue weighted by molar-refractivity contribution is 5.86. The number of aliphatic carboxylic acids is 1. The summed E-state index contributed by atoms with van der Waals surface area (Å²) in [6.07, 6.45) is -0.206. The number of hydrogen-bond donors (Lipinski definition) is 2. The van der Waals surface area contributed by atoms with Crippen LogP contribution in [0.25, 0.3) is 0 Å². The van der Waals surface area contributed by atoms with Crippen molar-refractivity contribution in [1.82, 2.24) is 10.2 Å². The summed E-state index contributed by atoms with van der Waals surface area (Å²) >= 11 is 0. The van der Waals surface area contributed by atoms with Crippen LogP contribution in [0.15, 0.2) is 24.3 Å². The molecule has 0 bridgehead atoms. The lowest BCUT2D eigenvalue weighted by Gasteiger charge is -2.34. The number of nitriles is 1. The van der Waals surface area contributed by atoms with Crippen LogP contribution in [0.5, 0.6) is 0 Å². The highest BCUT2D eigenvalue weighted by Gasteiger charge is 2.31. The largest absolute Gasteiger partial charge is 0.481 e. The fourth-order valence-electron chi connectivity index (χ4n) is 2.26. The van der Waals surface area contributed by atoms with Gasteiger partial charge in [0.1, 0.15) is 6.04 Å². The Balaban J connectivity index is 2.10. The molecule has 0 radical (unpaired) electrons. The zero-order chi connectivity index (χ0) is 14.5. The molecule has 1 aliphatic rings. The van der Waals surface area contributed by atoms with Gasteiger partial charge in [0.15, 0.2) is 0 Å². The first-order chi connectivity index (χ1) is 9.60. The third kappa shape index (κ3) is 3.33. The minimum absolute atomic E-state index is 0.206. The second-order valence-electron chi connectivity index (χ2n) is 4.68. The van der Waals surface area contributed by atoms with Gasteiger partial charge >= 0.3 is 5.97 Å². The molecule has 0 saturated carbocycles. The van der Waals surface area contributed by atoms with Gasteiger partial charge in [-0.2, -0.15) is 5.26 Å². The number of benzene rings is 1. The Morgan fingerprint density at radius 2 is 2.15 bits per heavy atom. The normalized spacial score (nSPS) is 19.1. The number of piperazine rings is 1. The Morgan fingerprint density at radius 1 is 1.45 bits per heavy atom.